The van der Waals surface area contributed by atoms with E-state index in [1.807, 2.05) is 23.1 Å². The smallest absolute Gasteiger partial charge is 0.253 e. The zero-order valence-electron chi connectivity index (χ0n) is 17.7. The van der Waals surface area contributed by atoms with Gasteiger partial charge in [-0.2, -0.15) is 0 Å². The average Bonchev–Trinajstić information content (AvgIpc) is 2.74. The first-order valence-corrected chi connectivity index (χ1v) is 11.4. The highest BCUT2D eigenvalue weighted by molar-refractivity contribution is 5.94. The first-order valence-electron chi connectivity index (χ1n) is 11.4. The number of carbonyl (C=O) groups is 1. The predicted molar refractivity (Wildman–Crippen MR) is 120 cm³/mol. The Morgan fingerprint density at radius 3 is 2.40 bits per heavy atom. The quantitative estimate of drug-likeness (QED) is 0.796. The molecule has 5 nitrogen and oxygen atoms in total. The summed E-state index contributed by atoms with van der Waals surface area (Å²) in [4.78, 5) is 20.2. The second kappa shape index (κ2) is 8.40. The number of piperazine rings is 1. The molecule has 0 atom stereocenters. The summed E-state index contributed by atoms with van der Waals surface area (Å²) in [5.74, 6) is 0.204. The van der Waals surface area contributed by atoms with Gasteiger partial charge in [-0.15, -0.1) is 0 Å². The fourth-order valence-corrected chi connectivity index (χ4v) is 4.99. The van der Waals surface area contributed by atoms with E-state index in [9.17, 15) is 4.79 Å². The van der Waals surface area contributed by atoms with Gasteiger partial charge in [-0.25, -0.2) is 0 Å². The predicted octanol–water partition coefficient (Wildman–Crippen LogP) is 3.14. The number of nitrogen functional groups attached to an aromatic ring is 1. The molecule has 2 aromatic carbocycles. The van der Waals surface area contributed by atoms with Crippen LogP contribution >= 0.6 is 0 Å². The molecular weight excluding hydrogens is 372 g/mol. The van der Waals surface area contributed by atoms with Gasteiger partial charge in [-0.1, -0.05) is 24.6 Å². The highest BCUT2D eigenvalue weighted by Gasteiger charge is 2.30. The van der Waals surface area contributed by atoms with Gasteiger partial charge in [0.2, 0.25) is 0 Å². The molecule has 2 aromatic rings. The van der Waals surface area contributed by atoms with Gasteiger partial charge in [0.1, 0.15) is 0 Å². The number of anilines is 1. The molecule has 2 fully saturated rings. The number of hydrogen-bond acceptors (Lipinski definition) is 4. The largest absolute Gasteiger partial charge is 0.399 e. The molecule has 1 amide bonds. The van der Waals surface area contributed by atoms with Crippen LogP contribution < -0.4 is 5.73 Å². The van der Waals surface area contributed by atoms with Crippen molar-refractivity contribution >= 4 is 11.6 Å². The summed E-state index contributed by atoms with van der Waals surface area (Å²) in [5.41, 5.74) is 11.4. The number of rotatable bonds is 4. The summed E-state index contributed by atoms with van der Waals surface area (Å²) in [6.45, 7) is 6.68. The Balaban J connectivity index is 1.20. The Hall–Kier alpha value is -2.37. The number of nitrogens with zero attached hydrogens (tertiary/aromatic N) is 3. The highest BCUT2D eigenvalue weighted by atomic mass is 16.2. The van der Waals surface area contributed by atoms with Crippen LogP contribution in [0.2, 0.25) is 0 Å². The van der Waals surface area contributed by atoms with Crippen molar-refractivity contribution in [3.8, 4) is 0 Å². The topological polar surface area (TPSA) is 52.8 Å². The molecule has 0 aromatic heterocycles. The van der Waals surface area contributed by atoms with Crippen LogP contribution in [0.15, 0.2) is 42.5 Å². The van der Waals surface area contributed by atoms with E-state index in [1.54, 1.807) is 0 Å². The molecule has 1 saturated heterocycles. The van der Waals surface area contributed by atoms with Crippen molar-refractivity contribution in [1.82, 2.24) is 14.7 Å². The Morgan fingerprint density at radius 1 is 0.933 bits per heavy atom. The van der Waals surface area contributed by atoms with Crippen LogP contribution in [0.5, 0.6) is 0 Å². The number of nitrogens with two attached hydrogens (primary N) is 1. The molecule has 0 bridgehead atoms. The lowest BCUT2D eigenvalue weighted by atomic mass is 9.91. The molecule has 0 unspecified atom stereocenters. The zero-order valence-corrected chi connectivity index (χ0v) is 17.7. The molecule has 1 aliphatic carbocycles. The van der Waals surface area contributed by atoms with Gasteiger partial charge in [0.25, 0.3) is 5.91 Å². The van der Waals surface area contributed by atoms with Crippen LogP contribution in [0.4, 0.5) is 5.69 Å². The number of hydrogen-bond donors (Lipinski definition) is 1. The molecule has 2 N–H and O–H groups in total. The third-order valence-electron chi connectivity index (χ3n) is 7.12. The number of fused-ring (bicyclic) bond motifs is 1. The number of benzene rings is 2. The molecule has 5 heteroatoms. The molecule has 158 valence electrons. The molecule has 2 heterocycles. The second-order valence-electron chi connectivity index (χ2n) is 9.10. The molecule has 1 saturated carbocycles. The van der Waals surface area contributed by atoms with Crippen LogP contribution in [-0.4, -0.2) is 59.4 Å². The van der Waals surface area contributed by atoms with E-state index in [4.69, 9.17) is 5.73 Å². The Kier molecular flexibility index (Phi) is 5.48. The first-order chi connectivity index (χ1) is 14.7. The van der Waals surface area contributed by atoms with Gasteiger partial charge in [0.15, 0.2) is 0 Å². The summed E-state index contributed by atoms with van der Waals surface area (Å²) in [7, 11) is 0. The monoisotopic (exact) mass is 404 g/mol. The van der Waals surface area contributed by atoms with Crippen molar-refractivity contribution in [1.29, 1.82) is 0 Å². The third kappa shape index (κ3) is 4.09. The summed E-state index contributed by atoms with van der Waals surface area (Å²) in [6, 6.07) is 15.3. The van der Waals surface area contributed by atoms with Crippen LogP contribution in [-0.2, 0) is 19.5 Å². The van der Waals surface area contributed by atoms with E-state index in [0.29, 0.717) is 0 Å². The Morgan fingerprint density at radius 2 is 1.70 bits per heavy atom. The molecule has 3 aliphatic rings. The lowest BCUT2D eigenvalue weighted by molar-refractivity contribution is 0.0455. The molecule has 2 aliphatic heterocycles. The maximum Gasteiger partial charge on any atom is 0.253 e. The molecule has 5 rings (SSSR count). The van der Waals surface area contributed by atoms with E-state index in [-0.39, 0.29) is 5.91 Å². The standard InChI is InChI=1S/C25H32N4O/c26-23-8-4-19(5-9-23)17-27-11-10-20-16-21(6-7-22(20)18-27)25(30)29-14-12-28(13-15-29)24-2-1-3-24/h4-9,16,24H,1-3,10-15,17-18,26H2. The summed E-state index contributed by atoms with van der Waals surface area (Å²) in [6.07, 6.45) is 5.06. The van der Waals surface area contributed by atoms with Crippen LogP contribution in [0, 0.1) is 0 Å². The first kappa shape index (κ1) is 19.6. The van der Waals surface area contributed by atoms with Gasteiger partial charge in [-0.3, -0.25) is 14.6 Å². The van der Waals surface area contributed by atoms with Crippen LogP contribution in [0.25, 0.3) is 0 Å². The van der Waals surface area contributed by atoms with E-state index in [2.05, 4.69) is 34.1 Å². The minimum atomic E-state index is 0.204. The Bertz CT molecular complexity index is 898. The minimum Gasteiger partial charge on any atom is -0.399 e. The van der Waals surface area contributed by atoms with Crippen molar-refractivity contribution in [3.05, 3.63) is 64.7 Å². The van der Waals surface area contributed by atoms with Crippen molar-refractivity contribution in [2.45, 2.75) is 44.8 Å². The fraction of sp³-hybridized carbons (Fsp3) is 0.480. The van der Waals surface area contributed by atoms with E-state index in [1.165, 1.54) is 36.0 Å². The Labute approximate surface area is 179 Å². The van der Waals surface area contributed by atoms with E-state index >= 15 is 0 Å². The summed E-state index contributed by atoms with van der Waals surface area (Å²) in [5, 5.41) is 0. The van der Waals surface area contributed by atoms with Crippen molar-refractivity contribution in [2.24, 2.45) is 0 Å². The number of amides is 1. The van der Waals surface area contributed by atoms with Crippen LogP contribution in [0.1, 0.15) is 46.3 Å². The van der Waals surface area contributed by atoms with Crippen LogP contribution in [0.3, 0.4) is 0 Å². The number of carbonyl (C=O) groups excluding carboxylic acids is 1. The second-order valence-corrected chi connectivity index (χ2v) is 9.10. The molecule has 30 heavy (non-hydrogen) atoms. The normalized spacial score (nSPS) is 20.6. The maximum absolute atomic E-state index is 13.1. The molecule has 0 spiro atoms. The van der Waals surface area contributed by atoms with Gasteiger partial charge in [0, 0.05) is 63.1 Å². The lowest BCUT2D eigenvalue weighted by Crippen LogP contribution is -2.53. The molecular formula is C25H32N4O. The van der Waals surface area contributed by atoms with E-state index < -0.39 is 0 Å². The highest BCUT2D eigenvalue weighted by Crippen LogP contribution is 2.26. The zero-order chi connectivity index (χ0) is 20.5. The lowest BCUT2D eigenvalue weighted by Gasteiger charge is -2.43. The summed E-state index contributed by atoms with van der Waals surface area (Å²) >= 11 is 0. The average molecular weight is 405 g/mol. The van der Waals surface area contributed by atoms with Gasteiger partial charge >= 0.3 is 0 Å². The van der Waals surface area contributed by atoms with Gasteiger partial charge in [0.05, 0.1) is 0 Å². The minimum absolute atomic E-state index is 0.204. The van der Waals surface area contributed by atoms with Crippen molar-refractivity contribution in [3.63, 3.8) is 0 Å². The van der Waals surface area contributed by atoms with Crippen molar-refractivity contribution < 1.29 is 4.79 Å². The van der Waals surface area contributed by atoms with E-state index in [0.717, 1.165) is 69.5 Å². The summed E-state index contributed by atoms with van der Waals surface area (Å²) < 4.78 is 0. The maximum atomic E-state index is 13.1. The fourth-order valence-electron chi connectivity index (χ4n) is 4.99. The molecule has 0 radical (unpaired) electrons. The SMILES string of the molecule is Nc1ccc(CN2CCc3cc(C(=O)N4CCN(C5CCC5)CC4)ccc3C2)cc1. The van der Waals surface area contributed by atoms with Gasteiger partial charge < -0.3 is 10.6 Å². The third-order valence-corrected chi connectivity index (χ3v) is 7.12. The van der Waals surface area contributed by atoms with Gasteiger partial charge in [-0.05, 0) is 60.2 Å². The van der Waals surface area contributed by atoms with Crippen molar-refractivity contribution in [2.75, 3.05) is 38.5 Å².